The summed E-state index contributed by atoms with van der Waals surface area (Å²) in [4.78, 5) is 11.6. The Morgan fingerprint density at radius 2 is 1.50 bits per heavy atom. The van der Waals surface area contributed by atoms with Crippen LogP contribution in [0.3, 0.4) is 0 Å². The van der Waals surface area contributed by atoms with Crippen LogP contribution in [0.2, 0.25) is 0 Å². The van der Waals surface area contributed by atoms with Crippen molar-refractivity contribution < 1.29 is 14.2 Å². The molecule has 0 aliphatic rings. The van der Waals surface area contributed by atoms with Gasteiger partial charge in [-0.25, -0.2) is 4.79 Å². The van der Waals surface area contributed by atoms with Gasteiger partial charge in [0, 0.05) is 12.0 Å². The standard InChI is InChI=1S/C18H35NO3/c1-6-7-8-9-10-11-12-13-14-15-17(19(4,5)21)22-18(20)16(2)3/h17H,2,6-15H2,1,3-5H3. The molecule has 0 rings (SSSR count). The third-order valence-corrected chi connectivity index (χ3v) is 3.84. The van der Waals surface area contributed by atoms with E-state index in [1.54, 1.807) is 6.92 Å². The predicted molar refractivity (Wildman–Crippen MR) is 92.0 cm³/mol. The lowest BCUT2D eigenvalue weighted by molar-refractivity contribution is -0.889. The summed E-state index contributed by atoms with van der Waals surface area (Å²) in [5, 5.41) is 12.1. The van der Waals surface area contributed by atoms with E-state index < -0.39 is 16.8 Å². The molecule has 0 amide bonds. The quantitative estimate of drug-likeness (QED) is 0.121. The first kappa shape index (κ1) is 21.1. The molecule has 0 spiro atoms. The molecule has 0 bridgehead atoms. The molecule has 0 radical (unpaired) electrons. The van der Waals surface area contributed by atoms with Gasteiger partial charge in [-0.3, -0.25) is 0 Å². The molecule has 0 aromatic rings. The Bertz CT molecular complexity index is 321. The molecule has 0 heterocycles. The molecule has 0 N–H and O–H groups in total. The fourth-order valence-electron chi connectivity index (χ4n) is 2.35. The third-order valence-electron chi connectivity index (χ3n) is 3.84. The lowest BCUT2D eigenvalue weighted by Gasteiger charge is -2.40. The van der Waals surface area contributed by atoms with Crippen LogP contribution in [0.4, 0.5) is 0 Å². The number of unbranched alkanes of at least 4 members (excludes halogenated alkanes) is 8. The van der Waals surface area contributed by atoms with E-state index in [0.717, 1.165) is 12.8 Å². The van der Waals surface area contributed by atoms with E-state index in [9.17, 15) is 10.0 Å². The summed E-state index contributed by atoms with van der Waals surface area (Å²) in [5.41, 5.74) is 0.338. The van der Waals surface area contributed by atoms with Gasteiger partial charge in [-0.1, -0.05) is 64.9 Å². The largest absolute Gasteiger partial charge is 0.630 e. The molecule has 0 saturated heterocycles. The highest BCUT2D eigenvalue weighted by Gasteiger charge is 2.24. The third kappa shape index (κ3) is 10.8. The smallest absolute Gasteiger partial charge is 0.337 e. The normalized spacial score (nSPS) is 13.0. The number of carbonyl (C=O) groups is 1. The maximum atomic E-state index is 12.1. The van der Waals surface area contributed by atoms with Crippen LogP contribution >= 0.6 is 0 Å². The molecule has 0 saturated carbocycles. The van der Waals surface area contributed by atoms with Crippen LogP contribution in [0.15, 0.2) is 12.2 Å². The van der Waals surface area contributed by atoms with Crippen molar-refractivity contribution >= 4 is 5.97 Å². The molecule has 0 aromatic heterocycles. The first-order valence-corrected chi connectivity index (χ1v) is 8.70. The molecule has 0 fully saturated rings. The van der Waals surface area contributed by atoms with Gasteiger partial charge in [0.2, 0.25) is 6.23 Å². The summed E-state index contributed by atoms with van der Waals surface area (Å²) < 4.78 is 4.67. The van der Waals surface area contributed by atoms with Crippen molar-refractivity contribution in [2.24, 2.45) is 0 Å². The fraction of sp³-hybridized carbons (Fsp3) is 0.833. The minimum absolute atomic E-state index is 0.338. The zero-order chi connectivity index (χ0) is 17.0. The zero-order valence-electron chi connectivity index (χ0n) is 15.0. The Labute approximate surface area is 136 Å². The Morgan fingerprint density at radius 3 is 1.91 bits per heavy atom. The average molecular weight is 313 g/mol. The summed E-state index contributed by atoms with van der Waals surface area (Å²) in [5.74, 6) is -0.469. The summed E-state index contributed by atoms with van der Waals surface area (Å²) in [6, 6.07) is 0. The molecule has 22 heavy (non-hydrogen) atoms. The van der Waals surface area contributed by atoms with Crippen LogP contribution in [0.1, 0.15) is 78.1 Å². The fourth-order valence-corrected chi connectivity index (χ4v) is 2.35. The van der Waals surface area contributed by atoms with E-state index in [0.29, 0.717) is 12.0 Å². The number of carbonyl (C=O) groups excluding carboxylic acids is 1. The first-order valence-electron chi connectivity index (χ1n) is 8.70. The Balaban J connectivity index is 3.86. The zero-order valence-corrected chi connectivity index (χ0v) is 15.0. The van der Waals surface area contributed by atoms with Gasteiger partial charge < -0.3 is 14.6 Å². The molecule has 0 aromatic carbocycles. The molecule has 0 aliphatic heterocycles. The van der Waals surface area contributed by atoms with E-state index in [1.807, 2.05) is 0 Å². The topological polar surface area (TPSA) is 49.4 Å². The lowest BCUT2D eigenvalue weighted by atomic mass is 10.1. The highest BCUT2D eigenvalue weighted by Crippen LogP contribution is 2.17. The second-order valence-electron chi connectivity index (χ2n) is 6.69. The van der Waals surface area contributed by atoms with Gasteiger partial charge >= 0.3 is 5.97 Å². The highest BCUT2D eigenvalue weighted by molar-refractivity contribution is 5.86. The summed E-state index contributed by atoms with van der Waals surface area (Å²) in [7, 11) is 3.04. The monoisotopic (exact) mass is 313 g/mol. The number of hydrogen-bond acceptors (Lipinski definition) is 3. The maximum Gasteiger partial charge on any atom is 0.337 e. The predicted octanol–water partition coefficient (Wildman–Crippen LogP) is 4.93. The van der Waals surface area contributed by atoms with Crippen molar-refractivity contribution in [1.82, 2.24) is 0 Å². The van der Waals surface area contributed by atoms with Gasteiger partial charge in [0.1, 0.15) is 0 Å². The van der Waals surface area contributed by atoms with E-state index >= 15 is 0 Å². The molecule has 0 aliphatic carbocycles. The highest BCUT2D eigenvalue weighted by atomic mass is 16.6. The molecular weight excluding hydrogens is 278 g/mol. The second kappa shape index (κ2) is 11.7. The van der Waals surface area contributed by atoms with Crippen LogP contribution in [0.5, 0.6) is 0 Å². The lowest BCUT2D eigenvalue weighted by Crippen LogP contribution is -2.46. The number of rotatable bonds is 13. The second-order valence-corrected chi connectivity index (χ2v) is 6.69. The number of nitrogens with zero attached hydrogens (tertiary/aromatic N) is 1. The molecule has 1 atom stereocenters. The van der Waals surface area contributed by atoms with Crippen LogP contribution in [0.25, 0.3) is 0 Å². The van der Waals surface area contributed by atoms with Crippen molar-refractivity contribution in [3.63, 3.8) is 0 Å². The summed E-state index contributed by atoms with van der Waals surface area (Å²) in [6.07, 6.45) is 11.1. The summed E-state index contributed by atoms with van der Waals surface area (Å²) in [6.45, 7) is 7.39. The van der Waals surface area contributed by atoms with Gasteiger partial charge in [0.05, 0.1) is 14.1 Å². The molecule has 130 valence electrons. The van der Waals surface area contributed by atoms with E-state index in [1.165, 1.54) is 59.0 Å². The van der Waals surface area contributed by atoms with Crippen molar-refractivity contribution in [2.75, 3.05) is 14.1 Å². The van der Waals surface area contributed by atoms with E-state index in [4.69, 9.17) is 4.74 Å². The van der Waals surface area contributed by atoms with Gasteiger partial charge in [-0.15, -0.1) is 0 Å². The van der Waals surface area contributed by atoms with Crippen LogP contribution < -0.4 is 0 Å². The number of quaternary nitrogens is 1. The van der Waals surface area contributed by atoms with Crippen molar-refractivity contribution in [3.8, 4) is 0 Å². The molecule has 1 unspecified atom stereocenters. The van der Waals surface area contributed by atoms with Gasteiger partial charge in [-0.05, 0) is 13.3 Å². The average Bonchev–Trinajstić information content (AvgIpc) is 2.42. The Hall–Kier alpha value is -0.870. The minimum Gasteiger partial charge on any atom is -0.630 e. The Kier molecular flexibility index (Phi) is 11.2. The molecule has 4 heteroatoms. The maximum absolute atomic E-state index is 12.1. The number of hydroxylamine groups is 3. The Morgan fingerprint density at radius 1 is 1.05 bits per heavy atom. The summed E-state index contributed by atoms with van der Waals surface area (Å²) >= 11 is 0. The first-order chi connectivity index (χ1) is 10.3. The number of ether oxygens (including phenoxy) is 1. The van der Waals surface area contributed by atoms with E-state index in [-0.39, 0.29) is 0 Å². The molecule has 4 nitrogen and oxygen atoms in total. The van der Waals surface area contributed by atoms with Crippen molar-refractivity contribution in [2.45, 2.75) is 84.3 Å². The van der Waals surface area contributed by atoms with Crippen molar-refractivity contribution in [3.05, 3.63) is 17.4 Å². The number of esters is 1. The van der Waals surface area contributed by atoms with E-state index in [2.05, 4.69) is 13.5 Å². The number of hydrogen-bond donors (Lipinski definition) is 0. The van der Waals surface area contributed by atoms with Crippen LogP contribution in [0, 0.1) is 5.21 Å². The van der Waals surface area contributed by atoms with Crippen molar-refractivity contribution in [1.29, 1.82) is 0 Å². The van der Waals surface area contributed by atoms with Crippen LogP contribution in [-0.2, 0) is 9.53 Å². The van der Waals surface area contributed by atoms with Gasteiger partial charge in [0.15, 0.2) is 0 Å². The minimum atomic E-state index is -0.631. The SMILES string of the molecule is C=C(C)C(=O)OC(CCCCCCCCCCC)[N+](C)(C)[O-]. The van der Waals surface area contributed by atoms with Gasteiger partial charge in [-0.2, -0.15) is 0 Å². The molecular formula is C18H35NO3. The van der Waals surface area contributed by atoms with Gasteiger partial charge in [0.25, 0.3) is 0 Å². The van der Waals surface area contributed by atoms with Crippen LogP contribution in [-0.4, -0.2) is 30.9 Å².